The van der Waals surface area contributed by atoms with Crippen LogP contribution in [0.5, 0.6) is 0 Å². The van der Waals surface area contributed by atoms with Gasteiger partial charge >= 0.3 is 6.03 Å². The number of anilines is 1. The Morgan fingerprint density at radius 3 is 2.68 bits per heavy atom. The zero-order chi connectivity index (χ0) is 13.8. The van der Waals surface area contributed by atoms with Gasteiger partial charge in [-0.3, -0.25) is 0 Å². The van der Waals surface area contributed by atoms with E-state index in [1.54, 1.807) is 23.1 Å². The summed E-state index contributed by atoms with van der Waals surface area (Å²) in [6.45, 7) is 1.17. The van der Waals surface area contributed by atoms with Crippen LogP contribution in [0.15, 0.2) is 18.2 Å². The molecule has 2 amide bonds. The molecule has 0 radical (unpaired) electrons. The Hall–Kier alpha value is -1.44. The zero-order valence-corrected chi connectivity index (χ0v) is 11.7. The van der Waals surface area contributed by atoms with Gasteiger partial charge in [-0.25, -0.2) is 4.79 Å². The highest BCUT2D eigenvalue weighted by molar-refractivity contribution is 6.35. The van der Waals surface area contributed by atoms with Crippen LogP contribution < -0.4 is 5.32 Å². The molecule has 1 aliphatic rings. The van der Waals surface area contributed by atoms with Crippen LogP contribution in [0, 0.1) is 17.2 Å². The van der Waals surface area contributed by atoms with Crippen LogP contribution in [-0.4, -0.2) is 24.0 Å². The number of carbonyl (C=O) groups excluding carboxylic acids is 1. The van der Waals surface area contributed by atoms with Gasteiger partial charge in [0.25, 0.3) is 0 Å². The van der Waals surface area contributed by atoms with E-state index in [0.717, 1.165) is 0 Å². The first kappa shape index (κ1) is 14.0. The maximum atomic E-state index is 12.1. The molecule has 1 N–H and O–H groups in total. The highest BCUT2D eigenvalue weighted by atomic mass is 35.5. The topological polar surface area (TPSA) is 56.1 Å². The van der Waals surface area contributed by atoms with Crippen LogP contribution in [0.1, 0.15) is 12.8 Å². The number of nitriles is 1. The molecule has 0 spiro atoms. The number of nitrogens with zero attached hydrogens (tertiary/aromatic N) is 2. The van der Waals surface area contributed by atoms with E-state index in [1.165, 1.54) is 0 Å². The first-order valence-electron chi connectivity index (χ1n) is 6.00. The predicted molar refractivity (Wildman–Crippen MR) is 75.4 cm³/mol. The first-order chi connectivity index (χ1) is 9.10. The normalized spacial score (nSPS) is 15.9. The van der Waals surface area contributed by atoms with Crippen LogP contribution in [0.2, 0.25) is 10.0 Å². The highest BCUT2D eigenvalue weighted by Gasteiger charge is 2.22. The highest BCUT2D eigenvalue weighted by Crippen LogP contribution is 2.26. The van der Waals surface area contributed by atoms with Gasteiger partial charge in [0.2, 0.25) is 0 Å². The van der Waals surface area contributed by atoms with Gasteiger partial charge in [-0.15, -0.1) is 0 Å². The van der Waals surface area contributed by atoms with Gasteiger partial charge < -0.3 is 10.2 Å². The molecule has 1 aliphatic heterocycles. The van der Waals surface area contributed by atoms with E-state index in [4.69, 9.17) is 28.5 Å². The molecule has 0 bridgehead atoms. The number of benzene rings is 1. The molecule has 0 atom stereocenters. The number of amides is 2. The van der Waals surface area contributed by atoms with Crippen molar-refractivity contribution in [3.63, 3.8) is 0 Å². The largest absolute Gasteiger partial charge is 0.324 e. The Morgan fingerprint density at radius 1 is 1.37 bits per heavy atom. The summed E-state index contributed by atoms with van der Waals surface area (Å²) in [6, 6.07) is 6.94. The van der Waals surface area contributed by atoms with Gasteiger partial charge in [0.1, 0.15) is 0 Å². The minimum absolute atomic E-state index is 0.0545. The Balaban J connectivity index is 1.98. The van der Waals surface area contributed by atoms with Crippen LogP contribution in [0.4, 0.5) is 10.5 Å². The number of carbonyl (C=O) groups is 1. The summed E-state index contributed by atoms with van der Waals surface area (Å²) in [6.07, 6.45) is 1.43. The molecule has 1 heterocycles. The summed E-state index contributed by atoms with van der Waals surface area (Å²) in [5.41, 5.74) is 0.501. The number of likely N-dealkylation sites (tertiary alicyclic amines) is 1. The summed E-state index contributed by atoms with van der Waals surface area (Å²) in [7, 11) is 0. The average Bonchev–Trinajstić information content (AvgIpc) is 2.43. The molecule has 2 rings (SSSR count). The second-order valence-corrected chi connectivity index (χ2v) is 5.29. The van der Waals surface area contributed by atoms with Crippen LogP contribution in [0.25, 0.3) is 0 Å². The van der Waals surface area contributed by atoms with Crippen LogP contribution in [0.3, 0.4) is 0 Å². The monoisotopic (exact) mass is 297 g/mol. The molecule has 4 nitrogen and oxygen atoms in total. The summed E-state index contributed by atoms with van der Waals surface area (Å²) in [5.74, 6) is 0.0545. The van der Waals surface area contributed by atoms with Gasteiger partial charge in [-0.2, -0.15) is 5.26 Å². The van der Waals surface area contributed by atoms with Gasteiger partial charge in [-0.05, 0) is 31.0 Å². The van der Waals surface area contributed by atoms with E-state index in [9.17, 15) is 4.79 Å². The molecular weight excluding hydrogens is 285 g/mol. The standard InChI is InChI=1S/C13H13Cl2N3O/c14-10-1-2-11(15)12(7-10)17-13(19)18-5-3-9(8-16)4-6-18/h1-2,7,9H,3-6H2,(H,17,19). The summed E-state index contributed by atoms with van der Waals surface area (Å²) < 4.78 is 0. The first-order valence-corrected chi connectivity index (χ1v) is 6.76. The summed E-state index contributed by atoms with van der Waals surface area (Å²) in [4.78, 5) is 13.7. The van der Waals surface area contributed by atoms with Crippen molar-refractivity contribution in [2.45, 2.75) is 12.8 Å². The third kappa shape index (κ3) is 3.52. The smallest absolute Gasteiger partial charge is 0.321 e. The number of hydrogen-bond acceptors (Lipinski definition) is 2. The maximum Gasteiger partial charge on any atom is 0.321 e. The van der Waals surface area contributed by atoms with Gasteiger partial charge in [0.15, 0.2) is 0 Å². The van der Waals surface area contributed by atoms with E-state index in [2.05, 4.69) is 11.4 Å². The lowest BCUT2D eigenvalue weighted by molar-refractivity contribution is 0.192. The summed E-state index contributed by atoms with van der Waals surface area (Å²) >= 11 is 11.9. The quantitative estimate of drug-likeness (QED) is 0.858. The van der Waals surface area contributed by atoms with E-state index >= 15 is 0 Å². The van der Waals surface area contributed by atoms with Crippen LogP contribution >= 0.6 is 23.2 Å². The lowest BCUT2D eigenvalue weighted by Gasteiger charge is -2.29. The molecule has 1 saturated heterocycles. The molecule has 1 aromatic rings. The van der Waals surface area contributed by atoms with E-state index < -0.39 is 0 Å². The van der Waals surface area contributed by atoms with Crippen molar-refractivity contribution in [2.24, 2.45) is 5.92 Å². The fourth-order valence-corrected chi connectivity index (χ4v) is 2.34. The molecule has 6 heteroatoms. The fourth-order valence-electron chi connectivity index (χ4n) is 2.00. The van der Waals surface area contributed by atoms with Crippen molar-refractivity contribution in [3.8, 4) is 6.07 Å². The summed E-state index contributed by atoms with van der Waals surface area (Å²) in [5, 5.41) is 12.5. The molecule has 0 saturated carbocycles. The van der Waals surface area contributed by atoms with E-state index in [-0.39, 0.29) is 11.9 Å². The van der Waals surface area contributed by atoms with Gasteiger partial charge in [0, 0.05) is 24.0 Å². The number of nitrogens with one attached hydrogen (secondary N) is 1. The fraction of sp³-hybridized carbons (Fsp3) is 0.385. The van der Waals surface area contributed by atoms with Crippen molar-refractivity contribution in [2.75, 3.05) is 18.4 Å². The van der Waals surface area contributed by atoms with Crippen molar-refractivity contribution < 1.29 is 4.79 Å². The molecule has 0 aromatic heterocycles. The number of rotatable bonds is 1. The minimum Gasteiger partial charge on any atom is -0.324 e. The lowest BCUT2D eigenvalue weighted by atomic mass is 9.99. The Bertz CT molecular complexity index is 519. The molecule has 1 fully saturated rings. The predicted octanol–water partition coefficient (Wildman–Crippen LogP) is 3.76. The van der Waals surface area contributed by atoms with Crippen molar-refractivity contribution in [1.29, 1.82) is 5.26 Å². The molecule has 0 unspecified atom stereocenters. The number of hydrogen-bond donors (Lipinski definition) is 1. The Morgan fingerprint density at radius 2 is 2.05 bits per heavy atom. The van der Waals surface area contributed by atoms with Crippen molar-refractivity contribution in [3.05, 3.63) is 28.2 Å². The second kappa shape index (κ2) is 6.14. The lowest BCUT2D eigenvalue weighted by Crippen LogP contribution is -2.40. The number of piperidine rings is 1. The van der Waals surface area contributed by atoms with Crippen LogP contribution in [-0.2, 0) is 0 Å². The van der Waals surface area contributed by atoms with Crippen molar-refractivity contribution >= 4 is 34.9 Å². The average molecular weight is 298 g/mol. The minimum atomic E-state index is -0.208. The third-order valence-corrected chi connectivity index (χ3v) is 3.70. The van der Waals surface area contributed by atoms with E-state index in [1.807, 2.05) is 0 Å². The molecule has 100 valence electrons. The van der Waals surface area contributed by atoms with E-state index in [0.29, 0.717) is 41.7 Å². The second-order valence-electron chi connectivity index (χ2n) is 4.44. The SMILES string of the molecule is N#CC1CCN(C(=O)Nc2cc(Cl)ccc2Cl)CC1. The number of halogens is 2. The van der Waals surface area contributed by atoms with Crippen molar-refractivity contribution in [1.82, 2.24) is 4.90 Å². The number of urea groups is 1. The molecule has 0 aliphatic carbocycles. The zero-order valence-electron chi connectivity index (χ0n) is 10.2. The Labute approximate surface area is 121 Å². The molecular formula is C13H13Cl2N3O. The maximum absolute atomic E-state index is 12.1. The van der Waals surface area contributed by atoms with Gasteiger partial charge in [-0.1, -0.05) is 23.2 Å². The third-order valence-electron chi connectivity index (χ3n) is 3.13. The molecule has 1 aromatic carbocycles. The van der Waals surface area contributed by atoms with Gasteiger partial charge in [0.05, 0.1) is 16.8 Å². The molecule has 19 heavy (non-hydrogen) atoms. The Kier molecular flexibility index (Phi) is 4.52.